The summed E-state index contributed by atoms with van der Waals surface area (Å²) in [4.78, 5) is 59.4. The van der Waals surface area contributed by atoms with E-state index in [1.807, 2.05) is 19.1 Å². The van der Waals surface area contributed by atoms with Crippen LogP contribution >= 0.6 is 15.9 Å². The van der Waals surface area contributed by atoms with Gasteiger partial charge in [0.05, 0.1) is 0 Å². The number of alkyl halides is 2. The number of carbonyl (C=O) groups excluding carboxylic acids is 3. The van der Waals surface area contributed by atoms with Crippen molar-refractivity contribution in [2.45, 2.75) is 67.0 Å². The maximum atomic E-state index is 14.0. The summed E-state index contributed by atoms with van der Waals surface area (Å²) in [6.45, 7) is 7.19. The van der Waals surface area contributed by atoms with Crippen LogP contribution < -0.4 is 26.5 Å². The Bertz CT molecular complexity index is 1740. The van der Waals surface area contributed by atoms with E-state index in [0.29, 0.717) is 44.8 Å². The van der Waals surface area contributed by atoms with Crippen molar-refractivity contribution in [3.8, 4) is 11.3 Å². The molecular formula is C29H29BrIN8O3-. The third kappa shape index (κ3) is 5.21. The molecule has 0 saturated carbocycles. The molecule has 2 aliphatic heterocycles. The van der Waals surface area contributed by atoms with Gasteiger partial charge in [-0.2, -0.15) is 0 Å². The Morgan fingerprint density at radius 3 is 2.62 bits per heavy atom. The third-order valence-corrected chi connectivity index (χ3v) is 12.7. The first kappa shape index (κ1) is 28.8. The summed E-state index contributed by atoms with van der Waals surface area (Å²) < 4.78 is 2.33. The normalized spacial score (nSPS) is 21.1. The van der Waals surface area contributed by atoms with E-state index in [1.165, 1.54) is 11.6 Å². The number of fused-ring (bicyclic) bond motifs is 2. The van der Waals surface area contributed by atoms with Crippen molar-refractivity contribution < 1.29 is 35.6 Å². The van der Waals surface area contributed by atoms with Crippen LogP contribution in [0.1, 0.15) is 55.0 Å². The van der Waals surface area contributed by atoms with Gasteiger partial charge in [-0.25, -0.2) is 0 Å². The predicted octanol–water partition coefficient (Wildman–Crippen LogP) is 1.07. The molecule has 6 rings (SSSR count). The number of halogens is 2. The molecule has 0 radical (unpaired) electrons. The van der Waals surface area contributed by atoms with Crippen molar-refractivity contribution >= 4 is 50.2 Å². The number of likely N-dealkylation sites (tertiary alicyclic amines) is 1. The first-order valence-electron chi connectivity index (χ1n) is 13.7. The number of carbonyl (C=O) groups is 3. The average molecular weight is 744 g/mol. The van der Waals surface area contributed by atoms with E-state index in [9.17, 15) is 14.4 Å². The van der Waals surface area contributed by atoms with Crippen molar-refractivity contribution in [1.29, 1.82) is 0 Å². The van der Waals surface area contributed by atoms with Gasteiger partial charge in [-0.15, -0.1) is 0 Å². The second kappa shape index (κ2) is 11.1. The molecule has 218 valence electrons. The van der Waals surface area contributed by atoms with E-state index in [2.05, 4.69) is 53.2 Å². The second-order valence-corrected chi connectivity index (χ2v) is 15.5. The molecule has 11 nitrogen and oxygen atoms in total. The molecule has 3 atom stereocenters. The monoisotopic (exact) mass is 743 g/mol. The summed E-state index contributed by atoms with van der Waals surface area (Å²) in [5.41, 5.74) is 3.00. The minimum atomic E-state index is -0.594. The minimum absolute atomic E-state index is 0.0638. The molecule has 42 heavy (non-hydrogen) atoms. The first-order chi connectivity index (χ1) is 20.1. The maximum absolute atomic E-state index is 14.0. The molecule has 0 aliphatic carbocycles. The molecule has 6 heterocycles. The van der Waals surface area contributed by atoms with Crippen LogP contribution in [0.4, 0.5) is 5.82 Å². The van der Waals surface area contributed by atoms with E-state index in [4.69, 9.17) is 0 Å². The zero-order valence-corrected chi connectivity index (χ0v) is 27.3. The van der Waals surface area contributed by atoms with Crippen LogP contribution in [0.2, 0.25) is 0 Å². The molecule has 4 aromatic heterocycles. The molecule has 0 unspecified atom stereocenters. The van der Waals surface area contributed by atoms with Gasteiger partial charge in [-0.05, 0) is 6.92 Å². The van der Waals surface area contributed by atoms with Crippen LogP contribution in [0, 0.1) is 13.8 Å². The van der Waals surface area contributed by atoms with Crippen LogP contribution in [0.25, 0.3) is 22.2 Å². The second-order valence-electron chi connectivity index (χ2n) is 10.7. The van der Waals surface area contributed by atoms with Gasteiger partial charge >= 0.3 is 250 Å². The number of nitrogens with one attached hydrogen (secondary N) is 1. The van der Waals surface area contributed by atoms with Gasteiger partial charge in [0.15, 0.2) is 0 Å². The van der Waals surface area contributed by atoms with E-state index in [0.717, 1.165) is 18.4 Å². The van der Waals surface area contributed by atoms with Crippen LogP contribution in [0.3, 0.4) is 0 Å². The van der Waals surface area contributed by atoms with Gasteiger partial charge in [-0.1, -0.05) is 0 Å². The van der Waals surface area contributed by atoms with Crippen molar-refractivity contribution in [1.82, 2.24) is 34.6 Å². The topological polar surface area (TPSA) is 136 Å². The summed E-state index contributed by atoms with van der Waals surface area (Å²) >= 11 is 3.12. The summed E-state index contributed by atoms with van der Waals surface area (Å²) in [6, 6.07) is 4.89. The first-order valence-corrected chi connectivity index (χ1v) is 16.8. The Hall–Kier alpha value is -3.33. The van der Waals surface area contributed by atoms with Crippen molar-refractivity contribution in [2.24, 2.45) is 0 Å². The van der Waals surface area contributed by atoms with Gasteiger partial charge in [-0.3, -0.25) is 0 Å². The number of ketones is 1. The number of pyridine rings is 2. The van der Waals surface area contributed by atoms with Gasteiger partial charge < -0.3 is 0 Å². The average Bonchev–Trinajstić information content (AvgIpc) is 3.36. The predicted molar refractivity (Wildman–Crippen MR) is 155 cm³/mol. The number of aromatic nitrogens is 6. The Morgan fingerprint density at radius 1 is 1.14 bits per heavy atom. The molecule has 2 amide bonds. The molecule has 0 spiro atoms. The summed E-state index contributed by atoms with van der Waals surface area (Å²) in [5.74, 6) is 0.490. The fourth-order valence-electron chi connectivity index (χ4n) is 5.58. The van der Waals surface area contributed by atoms with Gasteiger partial charge in [0.25, 0.3) is 0 Å². The van der Waals surface area contributed by atoms with Crippen molar-refractivity contribution in [2.75, 3.05) is 5.32 Å². The number of nitrogens with zero attached hydrogens (tertiary/aromatic N) is 7. The van der Waals surface area contributed by atoms with Crippen LogP contribution in [-0.4, -0.2) is 65.7 Å². The molecule has 2 fully saturated rings. The zero-order chi connectivity index (χ0) is 29.8. The number of hydrogen-bond acceptors (Lipinski definition) is 8. The van der Waals surface area contributed by atoms with E-state index < -0.39 is 6.04 Å². The molecule has 2 aliphatic rings. The van der Waals surface area contributed by atoms with Crippen LogP contribution in [0.15, 0.2) is 41.4 Å². The fourth-order valence-corrected chi connectivity index (χ4v) is 10.3. The van der Waals surface area contributed by atoms with E-state index in [-0.39, 0.29) is 58.5 Å². The third-order valence-electron chi connectivity index (χ3n) is 7.70. The number of amides is 2. The Labute approximate surface area is 261 Å². The standard InChI is InChI=1S/C29H29BrIN8O3/c1-5-8-29-10-21(27(42)36-26-15(2)6-7-23(30)35-26)39(28(29)31-29)24(41)14-38-22-13-34-20(18-11-32-17(4)33-12-18)9-19(22)25(37-38)16(3)40/h6-7,9,11-13,21,28H,5,8,10,14H2,1-4H3,(H,35,36,42)/q-1/t21-,28-,29+/m0/s1. The van der Waals surface area contributed by atoms with Crippen LogP contribution in [-0.2, 0) is 16.1 Å². The molecule has 2 saturated heterocycles. The Kier molecular flexibility index (Phi) is 7.58. The number of Topliss-reactive ketones (excluding diaryl/α,β-unsaturated/α-hetero) is 1. The number of anilines is 1. The molecule has 13 heteroatoms. The van der Waals surface area contributed by atoms with Gasteiger partial charge in [0.2, 0.25) is 0 Å². The molecule has 4 aromatic rings. The van der Waals surface area contributed by atoms with Gasteiger partial charge in [0.1, 0.15) is 5.82 Å². The molecule has 0 bridgehead atoms. The van der Waals surface area contributed by atoms with Crippen molar-refractivity contribution in [3.63, 3.8) is 0 Å². The van der Waals surface area contributed by atoms with Gasteiger partial charge in [0, 0.05) is 0 Å². The zero-order valence-electron chi connectivity index (χ0n) is 23.6. The summed E-state index contributed by atoms with van der Waals surface area (Å²) in [6.07, 6.45) is 7.65. The molecule has 0 aromatic carbocycles. The number of rotatable bonds is 8. The summed E-state index contributed by atoms with van der Waals surface area (Å²) in [7, 11) is 0. The SMILES string of the molecule is CCC[C@@]12C[C@@H](C(=O)Nc3nc(Br)ccc3C)N(C(=O)Cn3nc(C(C)=O)c4cc(-c5cnc(C)nc5)ncc43)[C@@H]1[I-]2. The fraction of sp³-hybridized carbons (Fsp3) is 0.379. The number of hydrogen-bond donors (Lipinski definition) is 1. The van der Waals surface area contributed by atoms with Crippen LogP contribution in [0.5, 0.6) is 0 Å². The molecule has 1 N–H and O–H groups in total. The number of aryl methyl sites for hydroxylation is 2. The van der Waals surface area contributed by atoms with E-state index >= 15 is 0 Å². The quantitative estimate of drug-likeness (QED) is 0.0932. The van der Waals surface area contributed by atoms with E-state index in [1.54, 1.807) is 36.5 Å². The summed E-state index contributed by atoms with van der Waals surface area (Å²) in [5, 5.41) is 8.11. The Morgan fingerprint density at radius 2 is 1.90 bits per heavy atom. The van der Waals surface area contributed by atoms with Crippen molar-refractivity contribution in [3.05, 3.63) is 58.5 Å². The molecular weight excluding hydrogens is 715 g/mol. The Balaban J connectivity index is 1.30.